The molecule has 0 unspecified atom stereocenters. The van der Waals surface area contributed by atoms with Crippen molar-refractivity contribution in [3.63, 3.8) is 0 Å². The van der Waals surface area contributed by atoms with Crippen molar-refractivity contribution in [3.05, 3.63) is 71.3 Å². The Morgan fingerprint density at radius 3 is 2.55 bits per heavy atom. The number of ketones is 1. The predicted octanol–water partition coefficient (Wildman–Crippen LogP) is 5.65. The summed E-state index contributed by atoms with van der Waals surface area (Å²) in [7, 11) is 0. The first-order chi connectivity index (χ1) is 10.7. The maximum Gasteiger partial charge on any atom is 0.185 e. The van der Waals surface area contributed by atoms with E-state index in [-0.39, 0.29) is 5.78 Å². The molecule has 2 heteroatoms. The predicted molar refractivity (Wildman–Crippen MR) is 96.6 cm³/mol. The number of benzene rings is 2. The van der Waals surface area contributed by atoms with Crippen LogP contribution in [0.4, 0.5) is 0 Å². The minimum atomic E-state index is 0.0460. The van der Waals surface area contributed by atoms with Gasteiger partial charge in [-0.2, -0.15) is 0 Å². The first-order valence-electron chi connectivity index (χ1n) is 7.77. The van der Waals surface area contributed by atoms with Gasteiger partial charge in [0.25, 0.3) is 0 Å². The third kappa shape index (κ3) is 4.60. The molecule has 114 valence electrons. The number of hydrogen-bond donors (Lipinski definition) is 0. The Labute approximate surface area is 137 Å². The minimum Gasteiger partial charge on any atom is -0.289 e. The van der Waals surface area contributed by atoms with Gasteiger partial charge in [-0.1, -0.05) is 68.8 Å². The summed E-state index contributed by atoms with van der Waals surface area (Å²) in [5.41, 5.74) is 3.20. The number of allylic oxidation sites excluding steroid dienone is 1. The fourth-order valence-electron chi connectivity index (χ4n) is 2.33. The van der Waals surface area contributed by atoms with Crippen molar-refractivity contribution in [2.24, 2.45) is 0 Å². The van der Waals surface area contributed by atoms with E-state index < -0.39 is 0 Å². The summed E-state index contributed by atoms with van der Waals surface area (Å²) in [6, 6.07) is 15.8. The SMILES string of the molecule is CCCc1cc(C=CC(=O)c2ccccc2)ccc1SCC. The first kappa shape index (κ1) is 16.6. The van der Waals surface area contributed by atoms with Crippen LogP contribution >= 0.6 is 11.8 Å². The number of thioether (sulfide) groups is 1. The smallest absolute Gasteiger partial charge is 0.185 e. The molecule has 0 aromatic heterocycles. The zero-order valence-corrected chi connectivity index (χ0v) is 14.0. The molecular formula is C20H22OS. The van der Waals surface area contributed by atoms with Gasteiger partial charge in [0.2, 0.25) is 0 Å². The highest BCUT2D eigenvalue weighted by molar-refractivity contribution is 7.99. The number of aryl methyl sites for hydroxylation is 1. The van der Waals surface area contributed by atoms with E-state index in [2.05, 4.69) is 32.0 Å². The van der Waals surface area contributed by atoms with Crippen LogP contribution in [0, 0.1) is 0 Å². The second kappa shape index (κ2) is 8.60. The molecule has 0 bridgehead atoms. The van der Waals surface area contributed by atoms with E-state index >= 15 is 0 Å². The van der Waals surface area contributed by atoms with Gasteiger partial charge in [0.15, 0.2) is 5.78 Å². The van der Waals surface area contributed by atoms with E-state index in [4.69, 9.17) is 0 Å². The molecule has 0 aliphatic rings. The summed E-state index contributed by atoms with van der Waals surface area (Å²) in [6.45, 7) is 4.37. The van der Waals surface area contributed by atoms with Gasteiger partial charge in [-0.25, -0.2) is 0 Å². The van der Waals surface area contributed by atoms with Crippen LogP contribution in [0.15, 0.2) is 59.5 Å². The molecular weight excluding hydrogens is 288 g/mol. The molecule has 0 heterocycles. The number of carbonyl (C=O) groups excluding carboxylic acids is 1. The van der Waals surface area contributed by atoms with Gasteiger partial charge in [0.1, 0.15) is 0 Å². The zero-order chi connectivity index (χ0) is 15.8. The lowest BCUT2D eigenvalue weighted by Gasteiger charge is -2.08. The molecule has 0 saturated carbocycles. The quantitative estimate of drug-likeness (QED) is 0.373. The van der Waals surface area contributed by atoms with Crippen molar-refractivity contribution in [2.75, 3.05) is 5.75 Å². The number of hydrogen-bond acceptors (Lipinski definition) is 2. The Morgan fingerprint density at radius 2 is 1.86 bits per heavy atom. The molecule has 0 spiro atoms. The number of rotatable bonds is 7. The Hall–Kier alpha value is -1.80. The van der Waals surface area contributed by atoms with Gasteiger partial charge in [-0.15, -0.1) is 11.8 Å². The third-order valence-corrected chi connectivity index (χ3v) is 4.39. The Kier molecular flexibility index (Phi) is 6.47. The molecule has 0 aliphatic carbocycles. The largest absolute Gasteiger partial charge is 0.289 e. The van der Waals surface area contributed by atoms with Crippen LogP contribution in [0.3, 0.4) is 0 Å². The highest BCUT2D eigenvalue weighted by atomic mass is 32.2. The number of carbonyl (C=O) groups is 1. The molecule has 0 N–H and O–H groups in total. The van der Waals surface area contributed by atoms with Crippen molar-refractivity contribution in [2.45, 2.75) is 31.6 Å². The molecule has 0 fully saturated rings. The molecule has 0 amide bonds. The highest BCUT2D eigenvalue weighted by Gasteiger charge is 2.04. The maximum absolute atomic E-state index is 12.1. The van der Waals surface area contributed by atoms with Crippen molar-refractivity contribution >= 4 is 23.6 Å². The molecule has 0 saturated heterocycles. The van der Waals surface area contributed by atoms with Gasteiger partial charge in [-0.3, -0.25) is 4.79 Å². The van der Waals surface area contributed by atoms with Crippen LogP contribution in [0.1, 0.15) is 41.8 Å². The average Bonchev–Trinajstić information content (AvgIpc) is 2.56. The van der Waals surface area contributed by atoms with Crippen LogP contribution in [-0.2, 0) is 6.42 Å². The second-order valence-corrected chi connectivity index (χ2v) is 6.42. The Morgan fingerprint density at radius 1 is 1.09 bits per heavy atom. The monoisotopic (exact) mass is 310 g/mol. The fourth-order valence-corrected chi connectivity index (χ4v) is 3.16. The Bertz CT molecular complexity index is 644. The minimum absolute atomic E-state index is 0.0460. The van der Waals surface area contributed by atoms with Crippen LogP contribution in [0.2, 0.25) is 0 Å². The topological polar surface area (TPSA) is 17.1 Å². The lowest BCUT2D eigenvalue weighted by atomic mass is 10.0. The van der Waals surface area contributed by atoms with Crippen LogP contribution < -0.4 is 0 Å². The lowest BCUT2D eigenvalue weighted by Crippen LogP contribution is -1.93. The van der Waals surface area contributed by atoms with Gasteiger partial charge < -0.3 is 0 Å². The van der Waals surface area contributed by atoms with Crippen LogP contribution in [-0.4, -0.2) is 11.5 Å². The summed E-state index contributed by atoms with van der Waals surface area (Å²) < 4.78 is 0. The van der Waals surface area contributed by atoms with E-state index in [9.17, 15) is 4.79 Å². The van der Waals surface area contributed by atoms with E-state index in [1.807, 2.05) is 48.2 Å². The van der Waals surface area contributed by atoms with E-state index in [1.54, 1.807) is 6.08 Å². The third-order valence-electron chi connectivity index (χ3n) is 3.39. The summed E-state index contributed by atoms with van der Waals surface area (Å²) in [5.74, 6) is 1.13. The summed E-state index contributed by atoms with van der Waals surface area (Å²) in [6.07, 6.45) is 5.78. The summed E-state index contributed by atoms with van der Waals surface area (Å²) >= 11 is 1.88. The molecule has 0 radical (unpaired) electrons. The summed E-state index contributed by atoms with van der Waals surface area (Å²) in [4.78, 5) is 13.5. The van der Waals surface area contributed by atoms with Gasteiger partial charge in [0, 0.05) is 10.5 Å². The molecule has 0 aliphatic heterocycles. The van der Waals surface area contributed by atoms with Crippen molar-refractivity contribution in [1.29, 1.82) is 0 Å². The molecule has 2 aromatic carbocycles. The van der Waals surface area contributed by atoms with Crippen LogP contribution in [0.5, 0.6) is 0 Å². The second-order valence-electron chi connectivity index (χ2n) is 5.11. The maximum atomic E-state index is 12.1. The lowest BCUT2D eigenvalue weighted by molar-refractivity contribution is 0.104. The van der Waals surface area contributed by atoms with Crippen LogP contribution in [0.25, 0.3) is 6.08 Å². The standard InChI is InChI=1S/C20H22OS/c1-3-8-18-15-16(12-14-20(18)22-4-2)11-13-19(21)17-9-6-5-7-10-17/h5-7,9-15H,3-4,8H2,1-2H3. The molecule has 0 atom stereocenters. The Balaban J connectivity index is 2.17. The zero-order valence-electron chi connectivity index (χ0n) is 13.2. The first-order valence-corrected chi connectivity index (χ1v) is 8.76. The van der Waals surface area contributed by atoms with Crippen molar-refractivity contribution in [3.8, 4) is 0 Å². The van der Waals surface area contributed by atoms with Gasteiger partial charge in [-0.05, 0) is 35.4 Å². The van der Waals surface area contributed by atoms with E-state index in [1.165, 1.54) is 10.5 Å². The average molecular weight is 310 g/mol. The molecule has 2 rings (SSSR count). The highest BCUT2D eigenvalue weighted by Crippen LogP contribution is 2.25. The van der Waals surface area contributed by atoms with Gasteiger partial charge in [0.05, 0.1) is 0 Å². The van der Waals surface area contributed by atoms with Crippen molar-refractivity contribution in [1.82, 2.24) is 0 Å². The molecule has 2 aromatic rings. The normalized spacial score (nSPS) is 11.0. The molecule has 22 heavy (non-hydrogen) atoms. The molecule has 1 nitrogen and oxygen atoms in total. The van der Waals surface area contributed by atoms with Crippen molar-refractivity contribution < 1.29 is 4.79 Å². The summed E-state index contributed by atoms with van der Waals surface area (Å²) in [5, 5.41) is 0. The van der Waals surface area contributed by atoms with Gasteiger partial charge >= 0.3 is 0 Å². The van der Waals surface area contributed by atoms with E-state index in [0.29, 0.717) is 0 Å². The fraction of sp³-hybridized carbons (Fsp3) is 0.250. The van der Waals surface area contributed by atoms with E-state index in [0.717, 1.165) is 29.7 Å².